The molecule has 0 radical (unpaired) electrons. The average molecular weight is 244 g/mol. The summed E-state index contributed by atoms with van der Waals surface area (Å²) >= 11 is 0. The van der Waals surface area contributed by atoms with Crippen molar-refractivity contribution in [2.24, 2.45) is 11.8 Å². The van der Waals surface area contributed by atoms with Crippen LogP contribution in [0.4, 0.5) is 0 Å². The predicted octanol–water partition coefficient (Wildman–Crippen LogP) is -0.901. The first-order valence-corrected chi connectivity index (χ1v) is 5.60. The molecule has 1 amide bonds. The lowest BCUT2D eigenvalue weighted by Gasteiger charge is -2.34. The second kappa shape index (κ2) is 6.58. The summed E-state index contributed by atoms with van der Waals surface area (Å²) in [6.45, 7) is 2.98. The number of nitrogens with zero attached hydrogens (tertiary/aromatic N) is 1. The molecule has 0 aromatic carbocycles. The van der Waals surface area contributed by atoms with Crippen LogP contribution < -0.4 is 5.32 Å². The molecule has 0 saturated carbocycles. The van der Waals surface area contributed by atoms with Gasteiger partial charge in [0.1, 0.15) is 0 Å². The summed E-state index contributed by atoms with van der Waals surface area (Å²) in [6, 6.07) is 0. The molecule has 3 atom stereocenters. The first-order chi connectivity index (χ1) is 8.08. The quantitative estimate of drug-likeness (QED) is 0.564. The zero-order valence-electron chi connectivity index (χ0n) is 10.2. The van der Waals surface area contributed by atoms with Crippen LogP contribution in [-0.4, -0.2) is 54.2 Å². The van der Waals surface area contributed by atoms with Crippen LogP contribution in [0.5, 0.6) is 0 Å². The molecular formula is C11H20N2O4. The van der Waals surface area contributed by atoms with Gasteiger partial charge in [0.25, 0.3) is 0 Å². The SMILES string of the molecule is COC[C@@H](CN1C=CC(=O)NC1O)C(C)CO. The number of methoxy groups -OCH3 is 1. The van der Waals surface area contributed by atoms with Gasteiger partial charge in [0.2, 0.25) is 12.3 Å². The van der Waals surface area contributed by atoms with Crippen LogP contribution in [0.25, 0.3) is 0 Å². The van der Waals surface area contributed by atoms with E-state index < -0.39 is 6.35 Å². The van der Waals surface area contributed by atoms with E-state index in [-0.39, 0.29) is 24.3 Å². The number of hydrogen-bond donors (Lipinski definition) is 3. The van der Waals surface area contributed by atoms with Crippen molar-refractivity contribution in [1.29, 1.82) is 0 Å². The lowest BCUT2D eigenvalue weighted by Crippen LogP contribution is -2.50. The van der Waals surface area contributed by atoms with Crippen LogP contribution in [0.1, 0.15) is 6.92 Å². The van der Waals surface area contributed by atoms with Gasteiger partial charge in [0.05, 0.1) is 6.61 Å². The van der Waals surface area contributed by atoms with E-state index in [1.807, 2.05) is 6.92 Å². The molecule has 98 valence electrons. The summed E-state index contributed by atoms with van der Waals surface area (Å²) in [4.78, 5) is 12.6. The number of rotatable bonds is 6. The highest BCUT2D eigenvalue weighted by Crippen LogP contribution is 2.15. The zero-order valence-corrected chi connectivity index (χ0v) is 10.2. The maximum atomic E-state index is 11.0. The van der Waals surface area contributed by atoms with E-state index in [2.05, 4.69) is 5.32 Å². The van der Waals surface area contributed by atoms with Gasteiger partial charge in [-0.05, 0) is 5.92 Å². The van der Waals surface area contributed by atoms with Crippen LogP contribution in [0.2, 0.25) is 0 Å². The Balaban J connectivity index is 2.60. The number of aliphatic hydroxyl groups is 2. The molecule has 0 saturated heterocycles. The van der Waals surface area contributed by atoms with Crippen molar-refractivity contribution in [2.75, 3.05) is 26.9 Å². The summed E-state index contributed by atoms with van der Waals surface area (Å²) in [5, 5.41) is 21.2. The highest BCUT2D eigenvalue weighted by atomic mass is 16.5. The van der Waals surface area contributed by atoms with Crippen molar-refractivity contribution in [3.05, 3.63) is 12.3 Å². The summed E-state index contributed by atoms with van der Waals surface area (Å²) in [5.41, 5.74) is 0. The molecule has 0 aromatic rings. The van der Waals surface area contributed by atoms with Gasteiger partial charge in [-0.2, -0.15) is 0 Å². The van der Waals surface area contributed by atoms with E-state index in [1.165, 1.54) is 6.08 Å². The fourth-order valence-electron chi connectivity index (χ4n) is 1.69. The third-order valence-electron chi connectivity index (χ3n) is 2.92. The van der Waals surface area contributed by atoms with Gasteiger partial charge in [-0.25, -0.2) is 0 Å². The van der Waals surface area contributed by atoms with Crippen molar-refractivity contribution in [3.63, 3.8) is 0 Å². The number of carbonyl (C=O) groups is 1. The Bertz CT molecular complexity index is 283. The third-order valence-corrected chi connectivity index (χ3v) is 2.92. The Morgan fingerprint density at radius 2 is 2.35 bits per heavy atom. The average Bonchev–Trinajstić information content (AvgIpc) is 2.30. The highest BCUT2D eigenvalue weighted by molar-refractivity contribution is 5.88. The van der Waals surface area contributed by atoms with Crippen LogP contribution in [-0.2, 0) is 9.53 Å². The Morgan fingerprint density at radius 3 is 2.88 bits per heavy atom. The molecule has 1 aliphatic heterocycles. The van der Waals surface area contributed by atoms with Crippen molar-refractivity contribution < 1.29 is 19.7 Å². The Kier molecular flexibility index (Phi) is 5.40. The molecule has 1 rings (SSSR count). The summed E-state index contributed by atoms with van der Waals surface area (Å²) in [6.07, 6.45) is 1.90. The number of nitrogens with one attached hydrogen (secondary N) is 1. The summed E-state index contributed by atoms with van der Waals surface area (Å²) in [5.74, 6) is -0.167. The van der Waals surface area contributed by atoms with E-state index in [9.17, 15) is 9.90 Å². The number of amides is 1. The smallest absolute Gasteiger partial charge is 0.248 e. The molecule has 1 aliphatic rings. The van der Waals surface area contributed by atoms with Crippen molar-refractivity contribution in [2.45, 2.75) is 13.3 Å². The first kappa shape index (κ1) is 14.0. The number of hydrogen-bond acceptors (Lipinski definition) is 5. The zero-order chi connectivity index (χ0) is 12.8. The highest BCUT2D eigenvalue weighted by Gasteiger charge is 2.24. The second-order valence-electron chi connectivity index (χ2n) is 4.27. The lowest BCUT2D eigenvalue weighted by atomic mass is 9.95. The van der Waals surface area contributed by atoms with E-state index in [0.29, 0.717) is 13.2 Å². The molecule has 0 fully saturated rings. The summed E-state index contributed by atoms with van der Waals surface area (Å²) < 4.78 is 5.09. The molecule has 3 N–H and O–H groups in total. The van der Waals surface area contributed by atoms with Crippen molar-refractivity contribution in [3.8, 4) is 0 Å². The van der Waals surface area contributed by atoms with Crippen molar-refractivity contribution >= 4 is 5.91 Å². The number of aliphatic hydroxyl groups excluding tert-OH is 2. The maximum Gasteiger partial charge on any atom is 0.248 e. The maximum absolute atomic E-state index is 11.0. The first-order valence-electron chi connectivity index (χ1n) is 5.60. The van der Waals surface area contributed by atoms with E-state index in [4.69, 9.17) is 9.84 Å². The predicted molar refractivity (Wildman–Crippen MR) is 61.6 cm³/mol. The fraction of sp³-hybridized carbons (Fsp3) is 0.727. The third kappa shape index (κ3) is 3.99. The lowest BCUT2D eigenvalue weighted by molar-refractivity contribution is -0.125. The minimum atomic E-state index is -1.02. The molecule has 0 spiro atoms. The van der Waals surface area contributed by atoms with E-state index in [0.717, 1.165) is 0 Å². The van der Waals surface area contributed by atoms with Gasteiger partial charge >= 0.3 is 0 Å². The molecule has 0 aliphatic carbocycles. The van der Waals surface area contributed by atoms with E-state index in [1.54, 1.807) is 18.2 Å². The van der Waals surface area contributed by atoms with E-state index >= 15 is 0 Å². The molecule has 2 unspecified atom stereocenters. The van der Waals surface area contributed by atoms with Gasteiger partial charge in [-0.1, -0.05) is 6.92 Å². The standard InChI is InChI=1S/C11H20N2O4/c1-8(6-14)9(7-17-2)5-13-4-3-10(15)12-11(13)16/h3-4,8-9,11,14,16H,5-7H2,1-2H3,(H,12,15)/t8?,9-,11?/m1/s1. The normalized spacial score (nSPS) is 23.4. The van der Waals surface area contributed by atoms with Crippen LogP contribution in [0.15, 0.2) is 12.3 Å². The largest absolute Gasteiger partial charge is 0.396 e. The molecule has 17 heavy (non-hydrogen) atoms. The molecule has 0 bridgehead atoms. The van der Waals surface area contributed by atoms with Crippen LogP contribution in [0, 0.1) is 11.8 Å². The number of ether oxygens (including phenoxy) is 1. The van der Waals surface area contributed by atoms with Crippen molar-refractivity contribution in [1.82, 2.24) is 10.2 Å². The Morgan fingerprint density at radius 1 is 1.65 bits per heavy atom. The number of carbonyl (C=O) groups excluding carboxylic acids is 1. The Labute approximate surface area is 101 Å². The monoisotopic (exact) mass is 244 g/mol. The van der Waals surface area contributed by atoms with Gasteiger partial charge in [0.15, 0.2) is 0 Å². The van der Waals surface area contributed by atoms with Crippen LogP contribution in [0.3, 0.4) is 0 Å². The summed E-state index contributed by atoms with van der Waals surface area (Å²) in [7, 11) is 1.60. The van der Waals surface area contributed by atoms with Gasteiger partial charge < -0.3 is 25.2 Å². The second-order valence-corrected chi connectivity index (χ2v) is 4.27. The molecule has 6 nitrogen and oxygen atoms in total. The Hall–Kier alpha value is -1.11. The molecule has 0 aromatic heterocycles. The minimum Gasteiger partial charge on any atom is -0.396 e. The molecule has 6 heteroatoms. The fourth-order valence-corrected chi connectivity index (χ4v) is 1.69. The van der Waals surface area contributed by atoms with Gasteiger partial charge in [-0.15, -0.1) is 0 Å². The molecular weight excluding hydrogens is 224 g/mol. The van der Waals surface area contributed by atoms with Crippen LogP contribution >= 0.6 is 0 Å². The van der Waals surface area contributed by atoms with Gasteiger partial charge in [-0.3, -0.25) is 4.79 Å². The molecule has 1 heterocycles. The minimum absolute atomic E-state index is 0.0631. The van der Waals surface area contributed by atoms with Gasteiger partial charge in [0, 0.05) is 38.5 Å². The topological polar surface area (TPSA) is 82.0 Å².